The molecule has 0 aliphatic heterocycles. The van der Waals surface area contributed by atoms with Crippen LogP contribution in [0.15, 0.2) is 0 Å². The van der Waals surface area contributed by atoms with E-state index in [0.717, 1.165) is 6.92 Å². The molecule has 0 aliphatic rings. The van der Waals surface area contributed by atoms with E-state index >= 15 is 0 Å². The number of carbonyl (C=O) groups excluding carboxylic acids is 2. The van der Waals surface area contributed by atoms with Gasteiger partial charge in [-0.15, -0.1) is 0 Å². The minimum absolute atomic E-state index is 0.381. The second kappa shape index (κ2) is 5.26. The van der Waals surface area contributed by atoms with Crippen LogP contribution in [0, 0.1) is 0 Å². The highest BCUT2D eigenvalue weighted by atomic mass is 16.6. The topological polar surface area (TPSA) is 101 Å². The van der Waals surface area contributed by atoms with Gasteiger partial charge < -0.3 is 14.9 Å². The van der Waals surface area contributed by atoms with Gasteiger partial charge in [-0.3, -0.25) is 9.59 Å². The number of aliphatic carboxylic acids is 1. The molecule has 0 saturated heterocycles. The average Bonchev–Trinajstić information content (AvgIpc) is 2.00. The summed E-state index contributed by atoms with van der Waals surface area (Å²) < 4.78 is 4.07. The number of aliphatic hydroxyl groups is 1. The van der Waals surface area contributed by atoms with E-state index in [0.29, 0.717) is 0 Å². The van der Waals surface area contributed by atoms with Crippen LogP contribution in [0.5, 0.6) is 0 Å². The lowest BCUT2D eigenvalue weighted by molar-refractivity contribution is -0.166. The van der Waals surface area contributed by atoms with Gasteiger partial charge in [0.1, 0.15) is 6.10 Å². The smallest absolute Gasteiger partial charge is 0.342 e. The molecule has 0 amide bonds. The number of aliphatic hydroxyl groups excluding tert-OH is 1. The second-order valence-corrected chi connectivity index (χ2v) is 2.36. The van der Waals surface area contributed by atoms with Crippen LogP contribution in [-0.2, 0) is 19.1 Å². The fraction of sp³-hybridized carbons (Fsp3) is 0.571. The summed E-state index contributed by atoms with van der Waals surface area (Å²) in [6.07, 6.45) is -2.16. The molecular formula is C7H10O6. The van der Waals surface area contributed by atoms with Crippen LogP contribution in [0.3, 0.4) is 0 Å². The van der Waals surface area contributed by atoms with E-state index < -0.39 is 30.4 Å². The van der Waals surface area contributed by atoms with Crippen molar-refractivity contribution in [1.29, 1.82) is 0 Å². The Hall–Kier alpha value is -1.43. The van der Waals surface area contributed by atoms with Crippen molar-refractivity contribution in [3.8, 4) is 0 Å². The molecule has 0 rings (SSSR count). The molecule has 1 unspecified atom stereocenters. The number of hydrogen-bond acceptors (Lipinski definition) is 5. The number of carboxylic acid groups (broad SMARTS) is 1. The zero-order valence-electron chi connectivity index (χ0n) is 7.02. The van der Waals surface area contributed by atoms with E-state index in [-0.39, 0.29) is 6.42 Å². The zero-order chi connectivity index (χ0) is 10.4. The van der Waals surface area contributed by atoms with E-state index in [9.17, 15) is 14.4 Å². The first-order valence-corrected chi connectivity index (χ1v) is 3.58. The maximum atomic E-state index is 10.6. The molecule has 0 aromatic rings. The van der Waals surface area contributed by atoms with Gasteiger partial charge in [-0.25, -0.2) is 4.79 Å². The predicted octanol–water partition coefficient (Wildman–Crippen LogP) is -0.698. The molecule has 0 bridgehead atoms. The molecule has 2 N–H and O–H groups in total. The maximum absolute atomic E-state index is 10.6. The van der Waals surface area contributed by atoms with Crippen molar-refractivity contribution in [3.05, 3.63) is 0 Å². The van der Waals surface area contributed by atoms with Crippen LogP contribution in [0.25, 0.3) is 0 Å². The Morgan fingerprint density at radius 3 is 2.23 bits per heavy atom. The van der Waals surface area contributed by atoms with E-state index in [2.05, 4.69) is 4.74 Å². The quantitative estimate of drug-likeness (QED) is 0.449. The average molecular weight is 190 g/mol. The molecule has 6 heteroatoms. The summed E-state index contributed by atoms with van der Waals surface area (Å²) in [5.74, 6) is -3.18. The van der Waals surface area contributed by atoms with Gasteiger partial charge in [0.05, 0.1) is 12.8 Å². The normalized spacial score (nSPS) is 11.8. The van der Waals surface area contributed by atoms with E-state index in [1.807, 2.05) is 0 Å². The first-order chi connectivity index (χ1) is 5.93. The number of carbonyl (C=O) groups is 3. The molecule has 0 saturated carbocycles. The molecule has 0 radical (unpaired) electrons. The summed E-state index contributed by atoms with van der Waals surface area (Å²) in [6, 6.07) is 0. The van der Waals surface area contributed by atoms with Gasteiger partial charge in [0.15, 0.2) is 0 Å². The molecule has 13 heavy (non-hydrogen) atoms. The standard InChI is InChI=1S/C7H10O6/c1-4(8)7(12)13-6(11)3-2-5(9)10/h4,8H,2-3H2,1H3,(H,9,10). The van der Waals surface area contributed by atoms with Crippen molar-refractivity contribution in [2.24, 2.45) is 0 Å². The third-order valence-electron chi connectivity index (χ3n) is 1.10. The SMILES string of the molecule is CC(O)C(=O)OC(=O)CCC(=O)O. The third kappa shape index (κ3) is 5.80. The Bertz CT molecular complexity index is 219. The Balaban J connectivity index is 3.75. The van der Waals surface area contributed by atoms with Gasteiger partial charge in [-0.05, 0) is 6.92 Å². The van der Waals surface area contributed by atoms with Crippen molar-refractivity contribution in [2.45, 2.75) is 25.9 Å². The van der Waals surface area contributed by atoms with Crippen molar-refractivity contribution in [3.63, 3.8) is 0 Å². The molecule has 1 atom stereocenters. The second-order valence-electron chi connectivity index (χ2n) is 2.36. The van der Waals surface area contributed by atoms with Gasteiger partial charge in [-0.1, -0.05) is 0 Å². The number of carboxylic acids is 1. The van der Waals surface area contributed by atoms with Crippen LogP contribution in [0.4, 0.5) is 0 Å². The molecule has 0 aliphatic carbocycles. The highest BCUT2D eigenvalue weighted by molar-refractivity contribution is 5.88. The van der Waals surface area contributed by atoms with Crippen molar-refractivity contribution in [2.75, 3.05) is 0 Å². The number of rotatable bonds is 4. The Morgan fingerprint density at radius 2 is 1.85 bits per heavy atom. The fourth-order valence-electron chi connectivity index (χ4n) is 0.457. The molecule has 0 aromatic heterocycles. The van der Waals surface area contributed by atoms with E-state index in [1.165, 1.54) is 0 Å². The molecule has 74 valence electrons. The summed E-state index contributed by atoms with van der Waals surface area (Å²) in [5.41, 5.74) is 0. The third-order valence-corrected chi connectivity index (χ3v) is 1.10. The van der Waals surface area contributed by atoms with Crippen LogP contribution in [0.1, 0.15) is 19.8 Å². The van der Waals surface area contributed by atoms with Crippen molar-refractivity contribution >= 4 is 17.9 Å². The van der Waals surface area contributed by atoms with Crippen LogP contribution >= 0.6 is 0 Å². The number of hydrogen-bond donors (Lipinski definition) is 2. The molecule has 0 spiro atoms. The number of esters is 2. The van der Waals surface area contributed by atoms with Gasteiger partial charge in [0.25, 0.3) is 0 Å². The van der Waals surface area contributed by atoms with Crippen molar-refractivity contribution < 1.29 is 29.3 Å². The zero-order valence-corrected chi connectivity index (χ0v) is 7.02. The molecule has 6 nitrogen and oxygen atoms in total. The predicted molar refractivity (Wildman–Crippen MR) is 39.6 cm³/mol. The minimum atomic E-state index is -1.38. The summed E-state index contributed by atoms with van der Waals surface area (Å²) in [5, 5.41) is 16.8. The summed E-state index contributed by atoms with van der Waals surface area (Å²) in [4.78, 5) is 31.2. The van der Waals surface area contributed by atoms with Gasteiger partial charge in [0, 0.05) is 0 Å². The first-order valence-electron chi connectivity index (χ1n) is 3.58. The Labute approximate surface area is 74.1 Å². The van der Waals surface area contributed by atoms with Crippen LogP contribution in [0.2, 0.25) is 0 Å². The van der Waals surface area contributed by atoms with Gasteiger partial charge >= 0.3 is 17.9 Å². The molecule has 0 heterocycles. The number of ether oxygens (including phenoxy) is 1. The molecule has 0 aromatic carbocycles. The van der Waals surface area contributed by atoms with Gasteiger partial charge in [-0.2, -0.15) is 0 Å². The summed E-state index contributed by atoms with van der Waals surface area (Å²) in [6.45, 7) is 1.15. The van der Waals surface area contributed by atoms with Crippen molar-refractivity contribution in [1.82, 2.24) is 0 Å². The Kier molecular flexibility index (Phi) is 4.68. The first kappa shape index (κ1) is 11.6. The molecular weight excluding hydrogens is 180 g/mol. The fourth-order valence-corrected chi connectivity index (χ4v) is 0.457. The largest absolute Gasteiger partial charge is 0.481 e. The van der Waals surface area contributed by atoms with Gasteiger partial charge in [0.2, 0.25) is 0 Å². The maximum Gasteiger partial charge on any atom is 0.342 e. The lowest BCUT2D eigenvalue weighted by atomic mass is 10.3. The lowest BCUT2D eigenvalue weighted by Gasteiger charge is -2.02. The summed E-state index contributed by atoms with van der Waals surface area (Å²) in [7, 11) is 0. The summed E-state index contributed by atoms with van der Waals surface area (Å²) >= 11 is 0. The monoisotopic (exact) mass is 190 g/mol. The Morgan fingerprint density at radius 1 is 1.31 bits per heavy atom. The highest BCUT2D eigenvalue weighted by Gasteiger charge is 2.15. The van der Waals surface area contributed by atoms with Crippen LogP contribution in [-0.4, -0.2) is 34.2 Å². The van der Waals surface area contributed by atoms with E-state index in [4.69, 9.17) is 10.2 Å². The minimum Gasteiger partial charge on any atom is -0.481 e. The molecule has 0 fully saturated rings. The van der Waals surface area contributed by atoms with Crippen LogP contribution < -0.4 is 0 Å². The van der Waals surface area contributed by atoms with E-state index in [1.54, 1.807) is 0 Å². The highest BCUT2D eigenvalue weighted by Crippen LogP contribution is 1.95. The lowest BCUT2D eigenvalue weighted by Crippen LogP contribution is -2.23.